The summed E-state index contributed by atoms with van der Waals surface area (Å²) in [4.78, 5) is 0. The quantitative estimate of drug-likeness (QED) is 0.483. The van der Waals surface area contributed by atoms with Crippen molar-refractivity contribution in [1.29, 1.82) is 0 Å². The topological polar surface area (TPSA) is 0 Å². The van der Waals surface area contributed by atoms with E-state index in [1.54, 1.807) is 0 Å². The highest BCUT2D eigenvalue weighted by Gasteiger charge is 2.72. The summed E-state index contributed by atoms with van der Waals surface area (Å²) in [5.74, 6) is -15.8. The fourth-order valence-electron chi connectivity index (χ4n) is 1.72. The Balaban J connectivity index is 2.88. The molecule has 0 spiro atoms. The van der Waals surface area contributed by atoms with Crippen molar-refractivity contribution >= 4 is 0 Å². The molecule has 0 saturated carbocycles. The summed E-state index contributed by atoms with van der Waals surface area (Å²) in [6.45, 7) is 0.694. The Morgan fingerprint density at radius 2 is 1.12 bits per heavy atom. The predicted molar refractivity (Wildman–Crippen MR) is 38.8 cm³/mol. The van der Waals surface area contributed by atoms with Gasteiger partial charge in [-0.25, -0.2) is 13.2 Å². The smallest absolute Gasteiger partial charge is 0.203 e. The van der Waals surface area contributed by atoms with Crippen LogP contribution in [0.3, 0.4) is 0 Å². The minimum Gasteiger partial charge on any atom is -0.203 e. The van der Waals surface area contributed by atoms with E-state index in [1.807, 2.05) is 0 Å². The molecule has 0 heterocycles. The molecule has 7 heteroatoms. The predicted octanol–water partition coefficient (Wildman–Crippen LogP) is 3.61. The van der Waals surface area contributed by atoms with Gasteiger partial charge in [-0.1, -0.05) is 0 Å². The van der Waals surface area contributed by atoms with E-state index in [2.05, 4.69) is 0 Å². The summed E-state index contributed by atoms with van der Waals surface area (Å²) in [5, 5.41) is 0. The lowest BCUT2D eigenvalue weighted by atomic mass is 9.77. The maximum absolute atomic E-state index is 12.9. The van der Waals surface area contributed by atoms with Crippen LogP contribution < -0.4 is 0 Å². The van der Waals surface area contributed by atoms with E-state index in [1.165, 1.54) is 0 Å². The normalized spacial score (nSPS) is 20.2. The van der Waals surface area contributed by atoms with Crippen molar-refractivity contribution in [2.45, 2.75) is 18.8 Å². The standard InChI is InChI=1S/C9H3F7/c1-2-3-4(6(11)7(12)5(2)10)9(15,16)8(3,13)14/h1H3. The monoisotopic (exact) mass is 244 g/mol. The number of benzene rings is 1. The fourth-order valence-corrected chi connectivity index (χ4v) is 1.72. The minimum absolute atomic E-state index is 0.694. The minimum atomic E-state index is -4.80. The number of rotatable bonds is 0. The van der Waals surface area contributed by atoms with Gasteiger partial charge in [-0.15, -0.1) is 0 Å². The summed E-state index contributed by atoms with van der Waals surface area (Å²) in [5.41, 5.74) is -4.22. The van der Waals surface area contributed by atoms with Crippen LogP contribution in [0.5, 0.6) is 0 Å². The Hall–Kier alpha value is -1.27. The molecule has 1 aromatic rings. The van der Waals surface area contributed by atoms with Crippen LogP contribution in [0.15, 0.2) is 0 Å². The Bertz CT molecular complexity index is 444. The number of hydrogen-bond acceptors (Lipinski definition) is 0. The molecule has 0 atom stereocenters. The zero-order chi connectivity index (χ0) is 12.5. The number of fused-ring (bicyclic) bond motifs is 1. The van der Waals surface area contributed by atoms with Crippen molar-refractivity contribution in [2.75, 3.05) is 0 Å². The van der Waals surface area contributed by atoms with Crippen LogP contribution in [0.2, 0.25) is 0 Å². The van der Waals surface area contributed by atoms with Crippen molar-refractivity contribution < 1.29 is 30.7 Å². The lowest BCUT2D eigenvalue weighted by Gasteiger charge is -2.40. The third kappa shape index (κ3) is 0.916. The average molecular weight is 244 g/mol. The van der Waals surface area contributed by atoms with Crippen LogP contribution in [-0.4, -0.2) is 0 Å². The Kier molecular flexibility index (Phi) is 1.89. The van der Waals surface area contributed by atoms with Crippen LogP contribution >= 0.6 is 0 Å². The zero-order valence-corrected chi connectivity index (χ0v) is 7.65. The largest absolute Gasteiger partial charge is 0.343 e. The van der Waals surface area contributed by atoms with Crippen LogP contribution in [0, 0.1) is 24.4 Å². The molecule has 0 N–H and O–H groups in total. The first kappa shape index (κ1) is 11.2. The molecule has 0 radical (unpaired) electrons. The lowest BCUT2D eigenvalue weighted by Crippen LogP contribution is -2.49. The fraction of sp³-hybridized carbons (Fsp3) is 0.333. The Morgan fingerprint density at radius 3 is 1.62 bits per heavy atom. The second kappa shape index (κ2) is 2.70. The molecule has 1 aromatic carbocycles. The van der Waals surface area contributed by atoms with E-state index in [-0.39, 0.29) is 0 Å². The second-order valence-electron chi connectivity index (χ2n) is 3.47. The van der Waals surface area contributed by atoms with Crippen molar-refractivity contribution in [3.63, 3.8) is 0 Å². The molecule has 0 aliphatic heterocycles. The van der Waals surface area contributed by atoms with Gasteiger partial charge < -0.3 is 0 Å². The molecule has 0 aromatic heterocycles. The van der Waals surface area contributed by atoms with Crippen molar-refractivity contribution in [3.05, 3.63) is 34.1 Å². The molecular weight excluding hydrogens is 241 g/mol. The lowest BCUT2D eigenvalue weighted by molar-refractivity contribution is -0.257. The summed E-state index contributed by atoms with van der Waals surface area (Å²) in [7, 11) is 0. The van der Waals surface area contributed by atoms with Gasteiger partial charge >= 0.3 is 11.8 Å². The van der Waals surface area contributed by atoms with Gasteiger partial charge in [0.05, 0.1) is 5.56 Å². The molecule has 88 valence electrons. The first-order valence-corrected chi connectivity index (χ1v) is 4.07. The van der Waals surface area contributed by atoms with Gasteiger partial charge in [0.1, 0.15) is 0 Å². The van der Waals surface area contributed by atoms with Gasteiger partial charge in [0.2, 0.25) is 0 Å². The van der Waals surface area contributed by atoms with Crippen molar-refractivity contribution in [1.82, 2.24) is 0 Å². The van der Waals surface area contributed by atoms with E-state index in [0.29, 0.717) is 6.92 Å². The Morgan fingerprint density at radius 1 is 0.688 bits per heavy atom. The van der Waals surface area contributed by atoms with E-state index in [4.69, 9.17) is 0 Å². The number of halogens is 7. The van der Waals surface area contributed by atoms with E-state index in [0.717, 1.165) is 0 Å². The van der Waals surface area contributed by atoms with E-state index < -0.39 is 46.0 Å². The van der Waals surface area contributed by atoms with Gasteiger partial charge in [0, 0.05) is 5.56 Å². The molecule has 0 nitrogen and oxygen atoms in total. The summed E-state index contributed by atoms with van der Waals surface area (Å²) in [6.07, 6.45) is 0. The molecule has 0 amide bonds. The zero-order valence-electron chi connectivity index (χ0n) is 7.65. The highest BCUT2D eigenvalue weighted by molar-refractivity contribution is 5.52. The van der Waals surface area contributed by atoms with Gasteiger partial charge in [0.15, 0.2) is 17.5 Å². The highest BCUT2D eigenvalue weighted by atomic mass is 19.3. The van der Waals surface area contributed by atoms with Crippen LogP contribution in [-0.2, 0) is 11.8 Å². The summed E-state index contributed by atoms with van der Waals surface area (Å²) >= 11 is 0. The third-order valence-electron chi connectivity index (χ3n) is 2.58. The molecule has 0 saturated heterocycles. The van der Waals surface area contributed by atoms with E-state index in [9.17, 15) is 30.7 Å². The molecule has 1 aliphatic rings. The van der Waals surface area contributed by atoms with Gasteiger partial charge in [-0.05, 0) is 12.5 Å². The average Bonchev–Trinajstić information content (AvgIpc) is 2.19. The number of alkyl halides is 4. The maximum Gasteiger partial charge on any atom is 0.343 e. The first-order valence-electron chi connectivity index (χ1n) is 4.07. The van der Waals surface area contributed by atoms with Crippen molar-refractivity contribution in [2.24, 2.45) is 0 Å². The molecule has 0 unspecified atom stereocenters. The highest BCUT2D eigenvalue weighted by Crippen LogP contribution is 2.62. The van der Waals surface area contributed by atoms with Gasteiger partial charge in [0.25, 0.3) is 0 Å². The van der Waals surface area contributed by atoms with Crippen LogP contribution in [0.25, 0.3) is 0 Å². The molecule has 16 heavy (non-hydrogen) atoms. The van der Waals surface area contributed by atoms with E-state index >= 15 is 0 Å². The molecule has 0 fully saturated rings. The van der Waals surface area contributed by atoms with Crippen LogP contribution in [0.4, 0.5) is 30.7 Å². The maximum atomic E-state index is 12.9. The molecule has 0 bridgehead atoms. The van der Waals surface area contributed by atoms with Crippen molar-refractivity contribution in [3.8, 4) is 0 Å². The second-order valence-corrected chi connectivity index (χ2v) is 3.47. The van der Waals surface area contributed by atoms with Gasteiger partial charge in [-0.3, -0.25) is 0 Å². The molecule has 1 aliphatic carbocycles. The SMILES string of the molecule is Cc1c(F)c(F)c(F)c2c1C(F)(F)C2(F)F. The summed E-state index contributed by atoms with van der Waals surface area (Å²) in [6, 6.07) is 0. The van der Waals surface area contributed by atoms with Crippen LogP contribution in [0.1, 0.15) is 16.7 Å². The number of hydrogen-bond donors (Lipinski definition) is 0. The summed E-state index contributed by atoms with van der Waals surface area (Å²) < 4.78 is 89.8. The molecule has 2 rings (SSSR count). The van der Waals surface area contributed by atoms with Gasteiger partial charge in [-0.2, -0.15) is 17.6 Å². The Labute approximate surface area is 84.7 Å². The molecular formula is C9H3F7. The first-order chi connectivity index (χ1) is 7.14. The third-order valence-corrected chi connectivity index (χ3v) is 2.58.